The zero-order valence-electron chi connectivity index (χ0n) is 9.19. The van der Waals surface area contributed by atoms with Gasteiger partial charge in [0.2, 0.25) is 0 Å². The molecular weight excluding hydrogens is 196 g/mol. The minimum Gasteiger partial charge on any atom is -0.450 e. The van der Waals surface area contributed by atoms with E-state index in [4.69, 9.17) is 10.5 Å². The maximum atomic E-state index is 11.4. The third-order valence-corrected chi connectivity index (χ3v) is 2.85. The lowest BCUT2D eigenvalue weighted by Crippen LogP contribution is -2.43. The Morgan fingerprint density at radius 2 is 2.20 bits per heavy atom. The van der Waals surface area contributed by atoms with Crippen LogP contribution in [0.3, 0.4) is 0 Å². The molecule has 1 saturated heterocycles. The van der Waals surface area contributed by atoms with Crippen LogP contribution in [0.4, 0.5) is 4.79 Å². The molecule has 5 nitrogen and oxygen atoms in total. The van der Waals surface area contributed by atoms with Gasteiger partial charge in [-0.3, -0.25) is 0 Å². The van der Waals surface area contributed by atoms with E-state index in [9.17, 15) is 9.90 Å². The normalized spacial score (nSPS) is 20.1. The molecule has 15 heavy (non-hydrogen) atoms. The van der Waals surface area contributed by atoms with Crippen LogP contribution in [0.5, 0.6) is 0 Å². The number of carbonyl (C=O) groups excluding carboxylic acids is 1. The van der Waals surface area contributed by atoms with Crippen molar-refractivity contribution < 1.29 is 14.6 Å². The smallest absolute Gasteiger partial charge is 0.409 e. The molecule has 1 rings (SSSR count). The van der Waals surface area contributed by atoms with Crippen LogP contribution >= 0.6 is 0 Å². The number of hydrogen-bond donors (Lipinski definition) is 2. The summed E-state index contributed by atoms with van der Waals surface area (Å²) < 4.78 is 4.90. The Kier molecular flexibility index (Phi) is 4.84. The molecule has 1 atom stereocenters. The molecule has 0 spiro atoms. The number of hydrogen-bond acceptors (Lipinski definition) is 4. The molecule has 88 valence electrons. The first-order valence-electron chi connectivity index (χ1n) is 5.48. The summed E-state index contributed by atoms with van der Waals surface area (Å²) in [4.78, 5) is 13.0. The van der Waals surface area contributed by atoms with Gasteiger partial charge in [-0.25, -0.2) is 4.79 Å². The van der Waals surface area contributed by atoms with Crippen molar-refractivity contribution in [3.05, 3.63) is 0 Å². The average molecular weight is 216 g/mol. The monoisotopic (exact) mass is 216 g/mol. The van der Waals surface area contributed by atoms with Gasteiger partial charge in [-0.2, -0.15) is 0 Å². The summed E-state index contributed by atoms with van der Waals surface area (Å²) >= 11 is 0. The Labute approximate surface area is 90.2 Å². The molecule has 0 bridgehead atoms. The van der Waals surface area contributed by atoms with Crippen LogP contribution in [-0.2, 0) is 4.74 Å². The summed E-state index contributed by atoms with van der Waals surface area (Å²) in [6.45, 7) is 3.80. The lowest BCUT2D eigenvalue weighted by Gasteiger charge is -2.33. The van der Waals surface area contributed by atoms with Crippen molar-refractivity contribution in [2.75, 3.05) is 26.2 Å². The standard InChI is InChI=1S/C10H20N2O3/c1-2-15-10(14)12-5-3-8(4-6-12)9(13)7-11/h8-9,13H,2-7,11H2,1H3/t9-/m1/s1. The molecule has 0 unspecified atom stereocenters. The average Bonchev–Trinajstić information content (AvgIpc) is 2.28. The molecule has 0 aromatic carbocycles. The van der Waals surface area contributed by atoms with Crippen molar-refractivity contribution in [1.82, 2.24) is 4.90 Å². The van der Waals surface area contributed by atoms with Gasteiger partial charge in [0, 0.05) is 19.6 Å². The van der Waals surface area contributed by atoms with E-state index in [1.165, 1.54) is 0 Å². The summed E-state index contributed by atoms with van der Waals surface area (Å²) in [5.41, 5.74) is 5.39. The van der Waals surface area contributed by atoms with Gasteiger partial charge >= 0.3 is 6.09 Å². The SMILES string of the molecule is CCOC(=O)N1CCC([C@H](O)CN)CC1. The molecule has 0 saturated carbocycles. The van der Waals surface area contributed by atoms with Crippen LogP contribution in [-0.4, -0.2) is 48.4 Å². The van der Waals surface area contributed by atoms with Crippen molar-refractivity contribution in [3.8, 4) is 0 Å². The Hall–Kier alpha value is -0.810. The van der Waals surface area contributed by atoms with E-state index in [2.05, 4.69) is 0 Å². The lowest BCUT2D eigenvalue weighted by molar-refractivity contribution is 0.0529. The second kappa shape index (κ2) is 5.92. The Bertz CT molecular complexity index is 203. The highest BCUT2D eigenvalue weighted by molar-refractivity contribution is 5.67. The van der Waals surface area contributed by atoms with E-state index in [-0.39, 0.29) is 12.0 Å². The first-order valence-corrected chi connectivity index (χ1v) is 5.48. The number of piperidine rings is 1. The Morgan fingerprint density at radius 1 is 1.60 bits per heavy atom. The van der Waals surface area contributed by atoms with Crippen LogP contribution in [0, 0.1) is 5.92 Å². The fraction of sp³-hybridized carbons (Fsp3) is 0.900. The first kappa shape index (κ1) is 12.3. The Morgan fingerprint density at radius 3 is 2.67 bits per heavy atom. The quantitative estimate of drug-likeness (QED) is 0.705. The number of likely N-dealkylation sites (tertiary alicyclic amines) is 1. The maximum Gasteiger partial charge on any atom is 0.409 e. The molecule has 5 heteroatoms. The predicted octanol–water partition coefficient (Wildman–Crippen LogP) is 0.174. The second-order valence-electron chi connectivity index (χ2n) is 3.83. The van der Waals surface area contributed by atoms with Crippen LogP contribution in [0.1, 0.15) is 19.8 Å². The summed E-state index contributed by atoms with van der Waals surface area (Å²) in [7, 11) is 0. The highest BCUT2D eigenvalue weighted by Crippen LogP contribution is 2.20. The van der Waals surface area contributed by atoms with Gasteiger partial charge < -0.3 is 20.5 Å². The molecule has 1 aliphatic heterocycles. The fourth-order valence-corrected chi connectivity index (χ4v) is 1.87. The summed E-state index contributed by atoms with van der Waals surface area (Å²) in [6.07, 6.45) is 0.918. The lowest BCUT2D eigenvalue weighted by atomic mass is 9.91. The van der Waals surface area contributed by atoms with E-state index in [0.29, 0.717) is 26.2 Å². The van der Waals surface area contributed by atoms with E-state index < -0.39 is 6.10 Å². The van der Waals surface area contributed by atoms with Crippen LogP contribution in [0.15, 0.2) is 0 Å². The van der Waals surface area contributed by atoms with Gasteiger partial charge in [0.1, 0.15) is 0 Å². The second-order valence-corrected chi connectivity index (χ2v) is 3.83. The van der Waals surface area contributed by atoms with Crippen molar-refractivity contribution in [1.29, 1.82) is 0 Å². The topological polar surface area (TPSA) is 75.8 Å². The molecule has 1 amide bonds. The fourth-order valence-electron chi connectivity index (χ4n) is 1.87. The molecule has 0 aromatic rings. The number of nitrogens with two attached hydrogens (primary N) is 1. The molecule has 1 aliphatic rings. The summed E-state index contributed by atoms with van der Waals surface area (Å²) in [6, 6.07) is 0. The zero-order chi connectivity index (χ0) is 11.3. The summed E-state index contributed by atoms with van der Waals surface area (Å²) in [5.74, 6) is 0.223. The third kappa shape index (κ3) is 3.35. The van der Waals surface area contributed by atoms with Gasteiger partial charge in [0.25, 0.3) is 0 Å². The van der Waals surface area contributed by atoms with Gasteiger partial charge in [0.05, 0.1) is 12.7 Å². The van der Waals surface area contributed by atoms with Crippen LogP contribution < -0.4 is 5.73 Å². The zero-order valence-corrected chi connectivity index (χ0v) is 9.19. The van der Waals surface area contributed by atoms with Gasteiger partial charge in [0.15, 0.2) is 0 Å². The summed E-state index contributed by atoms with van der Waals surface area (Å²) in [5, 5.41) is 9.55. The number of aliphatic hydroxyl groups is 1. The predicted molar refractivity (Wildman–Crippen MR) is 56.4 cm³/mol. The van der Waals surface area contributed by atoms with Crippen molar-refractivity contribution >= 4 is 6.09 Å². The van der Waals surface area contributed by atoms with Gasteiger partial charge in [-0.1, -0.05) is 0 Å². The first-order chi connectivity index (χ1) is 7.19. The number of nitrogens with zero attached hydrogens (tertiary/aromatic N) is 1. The van der Waals surface area contributed by atoms with E-state index >= 15 is 0 Å². The van der Waals surface area contributed by atoms with E-state index in [1.54, 1.807) is 11.8 Å². The minimum absolute atomic E-state index is 0.223. The highest BCUT2D eigenvalue weighted by atomic mass is 16.6. The highest BCUT2D eigenvalue weighted by Gasteiger charge is 2.27. The number of carbonyl (C=O) groups is 1. The maximum absolute atomic E-state index is 11.4. The molecule has 0 radical (unpaired) electrons. The third-order valence-electron chi connectivity index (χ3n) is 2.85. The van der Waals surface area contributed by atoms with Gasteiger partial charge in [-0.05, 0) is 25.7 Å². The molecule has 1 fully saturated rings. The molecule has 1 heterocycles. The van der Waals surface area contributed by atoms with Crippen LogP contribution in [0.25, 0.3) is 0 Å². The number of rotatable bonds is 3. The van der Waals surface area contributed by atoms with Crippen molar-refractivity contribution in [3.63, 3.8) is 0 Å². The number of ether oxygens (including phenoxy) is 1. The largest absolute Gasteiger partial charge is 0.450 e. The Balaban J connectivity index is 2.32. The molecular formula is C10H20N2O3. The number of aliphatic hydroxyl groups excluding tert-OH is 1. The number of amides is 1. The van der Waals surface area contributed by atoms with Crippen molar-refractivity contribution in [2.24, 2.45) is 11.7 Å². The van der Waals surface area contributed by atoms with Gasteiger partial charge in [-0.15, -0.1) is 0 Å². The molecule has 0 aliphatic carbocycles. The molecule has 0 aromatic heterocycles. The van der Waals surface area contributed by atoms with E-state index in [1.807, 2.05) is 0 Å². The molecule has 3 N–H and O–H groups in total. The van der Waals surface area contributed by atoms with Crippen LogP contribution in [0.2, 0.25) is 0 Å². The van der Waals surface area contributed by atoms with Crippen molar-refractivity contribution in [2.45, 2.75) is 25.9 Å². The minimum atomic E-state index is -0.436. The van der Waals surface area contributed by atoms with E-state index in [0.717, 1.165) is 12.8 Å².